The number of amides is 1. The Labute approximate surface area is 167 Å². The predicted octanol–water partition coefficient (Wildman–Crippen LogP) is 2.59. The highest BCUT2D eigenvalue weighted by atomic mass is 16.6. The molecule has 0 N–H and O–H groups in total. The van der Waals surface area contributed by atoms with Gasteiger partial charge < -0.3 is 14.4 Å². The summed E-state index contributed by atoms with van der Waals surface area (Å²) in [7, 11) is 2.69. The van der Waals surface area contributed by atoms with Crippen molar-refractivity contribution in [2.24, 2.45) is 0 Å². The zero-order valence-electron chi connectivity index (χ0n) is 16.2. The number of hydrogen-bond donors (Lipinski definition) is 0. The third-order valence-electron chi connectivity index (χ3n) is 4.06. The Morgan fingerprint density at radius 3 is 2.21 bits per heavy atom. The van der Waals surface area contributed by atoms with Gasteiger partial charge in [0.15, 0.2) is 6.10 Å². The summed E-state index contributed by atoms with van der Waals surface area (Å²) in [4.78, 5) is 48.3. The summed E-state index contributed by atoms with van der Waals surface area (Å²) in [5.41, 5.74) is 0.0297. The SMILES string of the molecule is COC(=O)c1cc(C(=O)O[C@H](C)C(=O)N(C)Cc2ccccc2)cc([N+](=O)[O-])c1. The number of rotatable bonds is 7. The van der Waals surface area contributed by atoms with Crippen LogP contribution >= 0.6 is 0 Å². The summed E-state index contributed by atoms with van der Waals surface area (Å²) in [6.45, 7) is 1.73. The standard InChI is InChI=1S/C20H20N2O7/c1-13(18(23)21(2)12-14-7-5-4-6-8-14)29-20(25)16-9-15(19(24)28-3)10-17(11-16)22(26)27/h4-11,13H,12H2,1-3H3/t13-/m1/s1. The lowest BCUT2D eigenvalue weighted by atomic mass is 10.1. The number of benzene rings is 2. The van der Waals surface area contributed by atoms with E-state index in [1.165, 1.54) is 11.8 Å². The van der Waals surface area contributed by atoms with Gasteiger partial charge in [0.25, 0.3) is 11.6 Å². The number of nitrogens with zero attached hydrogens (tertiary/aromatic N) is 2. The third-order valence-corrected chi connectivity index (χ3v) is 4.06. The van der Waals surface area contributed by atoms with Crippen molar-refractivity contribution in [3.8, 4) is 0 Å². The Bertz CT molecular complexity index is 928. The molecule has 9 nitrogen and oxygen atoms in total. The molecule has 0 heterocycles. The fourth-order valence-electron chi connectivity index (χ4n) is 2.59. The van der Waals surface area contributed by atoms with Crippen molar-refractivity contribution in [3.63, 3.8) is 0 Å². The van der Waals surface area contributed by atoms with E-state index in [1.807, 2.05) is 30.3 Å². The molecule has 0 spiro atoms. The van der Waals surface area contributed by atoms with E-state index in [-0.39, 0.29) is 11.1 Å². The minimum Gasteiger partial charge on any atom is -0.465 e. The molecule has 2 aromatic rings. The second kappa shape index (κ2) is 9.45. The monoisotopic (exact) mass is 400 g/mol. The quantitative estimate of drug-likeness (QED) is 0.398. The highest BCUT2D eigenvalue weighted by Crippen LogP contribution is 2.19. The summed E-state index contributed by atoms with van der Waals surface area (Å²) in [6.07, 6.45) is -1.13. The van der Waals surface area contributed by atoms with Gasteiger partial charge in [-0.3, -0.25) is 14.9 Å². The zero-order chi connectivity index (χ0) is 21.6. The van der Waals surface area contributed by atoms with Crippen LogP contribution in [0.15, 0.2) is 48.5 Å². The third kappa shape index (κ3) is 5.61. The van der Waals surface area contributed by atoms with Crippen molar-refractivity contribution in [1.82, 2.24) is 4.90 Å². The average Bonchev–Trinajstić information content (AvgIpc) is 2.72. The van der Waals surface area contributed by atoms with Crippen LogP contribution in [0.1, 0.15) is 33.2 Å². The van der Waals surface area contributed by atoms with Gasteiger partial charge in [-0.25, -0.2) is 9.59 Å². The molecule has 1 atom stereocenters. The number of hydrogen-bond acceptors (Lipinski definition) is 7. The molecule has 0 radical (unpaired) electrons. The van der Waals surface area contributed by atoms with E-state index in [0.29, 0.717) is 6.54 Å². The number of methoxy groups -OCH3 is 1. The molecular weight excluding hydrogens is 380 g/mol. The van der Waals surface area contributed by atoms with E-state index in [0.717, 1.165) is 30.9 Å². The minimum absolute atomic E-state index is 0.172. The van der Waals surface area contributed by atoms with Gasteiger partial charge in [-0.1, -0.05) is 30.3 Å². The van der Waals surface area contributed by atoms with Crippen molar-refractivity contribution in [3.05, 3.63) is 75.3 Å². The number of non-ortho nitro benzene ring substituents is 1. The lowest BCUT2D eigenvalue weighted by molar-refractivity contribution is -0.384. The van der Waals surface area contributed by atoms with Crippen LogP contribution in [0.5, 0.6) is 0 Å². The number of nitro benzene ring substituents is 1. The average molecular weight is 400 g/mol. The van der Waals surface area contributed by atoms with E-state index >= 15 is 0 Å². The largest absolute Gasteiger partial charge is 0.465 e. The molecule has 0 aromatic heterocycles. The topological polar surface area (TPSA) is 116 Å². The normalized spacial score (nSPS) is 11.3. The van der Waals surface area contributed by atoms with Gasteiger partial charge >= 0.3 is 11.9 Å². The summed E-state index contributed by atoms with van der Waals surface area (Å²) >= 11 is 0. The summed E-state index contributed by atoms with van der Waals surface area (Å²) in [5.74, 6) is -2.25. The molecule has 2 aromatic carbocycles. The lowest BCUT2D eigenvalue weighted by Gasteiger charge is -2.21. The van der Waals surface area contributed by atoms with Crippen LogP contribution in [0.25, 0.3) is 0 Å². The van der Waals surface area contributed by atoms with Crippen LogP contribution < -0.4 is 0 Å². The maximum atomic E-state index is 12.5. The Kier molecular flexibility index (Phi) is 7.02. The molecule has 0 fully saturated rings. The zero-order valence-corrected chi connectivity index (χ0v) is 16.2. The lowest BCUT2D eigenvalue weighted by Crippen LogP contribution is -2.37. The molecular formula is C20H20N2O7. The second-order valence-electron chi connectivity index (χ2n) is 6.24. The van der Waals surface area contributed by atoms with E-state index in [4.69, 9.17) is 4.74 Å². The highest BCUT2D eigenvalue weighted by molar-refractivity contribution is 5.97. The molecule has 0 bridgehead atoms. The van der Waals surface area contributed by atoms with E-state index in [1.54, 1.807) is 7.05 Å². The van der Waals surface area contributed by atoms with Gasteiger partial charge in [0.1, 0.15) is 0 Å². The maximum Gasteiger partial charge on any atom is 0.339 e. The molecule has 0 saturated heterocycles. The van der Waals surface area contributed by atoms with Crippen molar-refractivity contribution in [1.29, 1.82) is 0 Å². The first-order chi connectivity index (χ1) is 13.7. The van der Waals surface area contributed by atoms with Crippen molar-refractivity contribution in [2.45, 2.75) is 19.6 Å². The minimum atomic E-state index is -1.13. The van der Waals surface area contributed by atoms with Gasteiger partial charge in [-0.05, 0) is 18.6 Å². The predicted molar refractivity (Wildman–Crippen MR) is 102 cm³/mol. The smallest absolute Gasteiger partial charge is 0.339 e. The highest BCUT2D eigenvalue weighted by Gasteiger charge is 2.25. The maximum absolute atomic E-state index is 12.5. The van der Waals surface area contributed by atoms with Crippen LogP contribution in [-0.4, -0.2) is 47.9 Å². The van der Waals surface area contributed by atoms with Gasteiger partial charge in [0.2, 0.25) is 0 Å². The Morgan fingerprint density at radius 2 is 1.66 bits per heavy atom. The molecule has 9 heteroatoms. The molecule has 2 rings (SSSR count). The number of nitro groups is 1. The van der Waals surface area contributed by atoms with Crippen molar-refractivity contribution >= 4 is 23.5 Å². The summed E-state index contributed by atoms with van der Waals surface area (Å²) < 4.78 is 9.69. The molecule has 152 valence electrons. The van der Waals surface area contributed by atoms with Crippen molar-refractivity contribution in [2.75, 3.05) is 14.2 Å². The molecule has 29 heavy (non-hydrogen) atoms. The van der Waals surface area contributed by atoms with E-state index in [2.05, 4.69) is 4.74 Å². The number of esters is 2. The second-order valence-corrected chi connectivity index (χ2v) is 6.24. The summed E-state index contributed by atoms with van der Waals surface area (Å²) in [5, 5.41) is 11.1. The molecule has 0 unspecified atom stereocenters. The van der Waals surface area contributed by atoms with Crippen molar-refractivity contribution < 1.29 is 28.8 Å². The summed E-state index contributed by atoms with van der Waals surface area (Å²) in [6, 6.07) is 12.3. The Morgan fingerprint density at radius 1 is 1.07 bits per heavy atom. The van der Waals surface area contributed by atoms with Gasteiger partial charge in [-0.2, -0.15) is 0 Å². The van der Waals surface area contributed by atoms with Crippen LogP contribution in [-0.2, 0) is 20.8 Å². The number of ether oxygens (including phenoxy) is 2. The van der Waals surface area contributed by atoms with Crippen LogP contribution in [0, 0.1) is 10.1 Å². The number of carbonyl (C=O) groups excluding carboxylic acids is 3. The van der Waals surface area contributed by atoms with Gasteiger partial charge in [0, 0.05) is 25.7 Å². The van der Waals surface area contributed by atoms with Gasteiger partial charge in [-0.15, -0.1) is 0 Å². The van der Waals surface area contributed by atoms with E-state index < -0.39 is 34.6 Å². The van der Waals surface area contributed by atoms with Crippen LogP contribution in [0.4, 0.5) is 5.69 Å². The Balaban J connectivity index is 2.13. The first-order valence-electron chi connectivity index (χ1n) is 8.60. The first kappa shape index (κ1) is 21.5. The molecule has 0 saturated carbocycles. The molecule has 1 amide bonds. The van der Waals surface area contributed by atoms with Crippen LogP contribution in [0.3, 0.4) is 0 Å². The fraction of sp³-hybridized carbons (Fsp3) is 0.250. The Hall–Kier alpha value is -3.75. The fourth-order valence-corrected chi connectivity index (χ4v) is 2.59. The molecule has 0 aliphatic heterocycles. The number of likely N-dealkylation sites (N-methyl/N-ethyl adjacent to an activating group) is 1. The van der Waals surface area contributed by atoms with E-state index in [9.17, 15) is 24.5 Å². The molecule has 0 aliphatic rings. The number of carbonyl (C=O) groups is 3. The van der Waals surface area contributed by atoms with Crippen LogP contribution in [0.2, 0.25) is 0 Å². The molecule has 0 aliphatic carbocycles. The van der Waals surface area contributed by atoms with Gasteiger partial charge in [0.05, 0.1) is 23.2 Å². The first-order valence-corrected chi connectivity index (χ1v) is 8.60.